The van der Waals surface area contributed by atoms with Crippen LogP contribution in [-0.2, 0) is 33.5 Å². The van der Waals surface area contributed by atoms with E-state index in [-0.39, 0.29) is 24.6 Å². The van der Waals surface area contributed by atoms with Crippen molar-refractivity contribution in [2.75, 3.05) is 19.8 Å². The lowest BCUT2D eigenvalue weighted by atomic mass is 10.1. The molecule has 0 spiro atoms. The van der Waals surface area contributed by atoms with E-state index in [1.54, 1.807) is 7.05 Å². The van der Waals surface area contributed by atoms with Crippen LogP contribution in [0.15, 0.2) is 53.5 Å². The van der Waals surface area contributed by atoms with Crippen LogP contribution in [-0.4, -0.2) is 40.1 Å². The van der Waals surface area contributed by atoms with Crippen molar-refractivity contribution in [2.45, 2.75) is 25.3 Å². The third-order valence-corrected chi connectivity index (χ3v) is 5.07. The summed E-state index contributed by atoms with van der Waals surface area (Å²) in [5.41, 5.74) is 2.09. The Morgan fingerprint density at radius 1 is 1.00 bits per heavy atom. The molecule has 2 aromatic carbocycles. The average molecular weight is 435 g/mol. The second-order valence-electron chi connectivity index (χ2n) is 6.85. The quantitative estimate of drug-likeness (QED) is 0.412. The molecule has 2 rings (SSSR count). The lowest BCUT2D eigenvalue weighted by molar-refractivity contribution is -0.121. The minimum absolute atomic E-state index is 0.0950. The number of carbonyl (C=O) groups is 1. The summed E-state index contributed by atoms with van der Waals surface area (Å²) < 4.78 is 36.8. The minimum Gasteiger partial charge on any atom is -0.356 e. The first-order valence-electron chi connectivity index (χ1n) is 9.47. The molecule has 0 unspecified atom stereocenters. The predicted octanol–water partition coefficient (Wildman–Crippen LogP) is 1.74. The van der Waals surface area contributed by atoms with Gasteiger partial charge in [-0.2, -0.15) is 0 Å². The van der Waals surface area contributed by atoms with E-state index in [4.69, 9.17) is 0 Å². The van der Waals surface area contributed by atoms with E-state index in [9.17, 15) is 17.6 Å². The first-order chi connectivity index (χ1) is 14.3. The number of rotatable bonds is 9. The molecular weight excluding hydrogens is 407 g/mol. The number of carbonyl (C=O) groups excluding carboxylic acids is 1. The van der Waals surface area contributed by atoms with Gasteiger partial charge in [0.15, 0.2) is 15.8 Å². The molecule has 9 heteroatoms. The average Bonchev–Trinajstić information content (AvgIpc) is 2.70. The number of hydrogen-bond donors (Lipinski definition) is 3. The van der Waals surface area contributed by atoms with Crippen LogP contribution in [0.4, 0.5) is 4.39 Å². The standard InChI is InChI=1S/C21H27FN4O3S/c1-23-21(24-11-10-20(27)25-13-16-6-4-3-5-7-16)26-14-18-12-19(22)9-8-17(18)15-30(2,28)29/h3-9,12H,10-11,13-15H2,1-2H3,(H,25,27)(H2,23,24,26). The fourth-order valence-electron chi connectivity index (χ4n) is 2.76. The second kappa shape index (κ2) is 11.3. The molecule has 0 heterocycles. The number of benzene rings is 2. The summed E-state index contributed by atoms with van der Waals surface area (Å²) in [6.07, 6.45) is 1.39. The van der Waals surface area contributed by atoms with Crippen LogP contribution in [0, 0.1) is 5.82 Å². The Kier molecular flexibility index (Phi) is 8.79. The van der Waals surface area contributed by atoms with Crippen LogP contribution in [0.1, 0.15) is 23.1 Å². The summed E-state index contributed by atoms with van der Waals surface area (Å²) in [5.74, 6) is -0.275. The highest BCUT2D eigenvalue weighted by Gasteiger charge is 2.11. The molecule has 0 saturated heterocycles. The molecule has 1 amide bonds. The van der Waals surface area contributed by atoms with E-state index >= 15 is 0 Å². The fraction of sp³-hybridized carbons (Fsp3) is 0.333. The third-order valence-electron chi connectivity index (χ3n) is 4.23. The number of sulfone groups is 1. The molecule has 0 fully saturated rings. The van der Waals surface area contributed by atoms with E-state index in [0.717, 1.165) is 11.8 Å². The number of aliphatic imine (C=N–C) groups is 1. The first-order valence-corrected chi connectivity index (χ1v) is 11.5. The maximum absolute atomic E-state index is 13.6. The molecule has 0 saturated carbocycles. The summed E-state index contributed by atoms with van der Waals surface area (Å²) in [5, 5.41) is 8.88. The van der Waals surface area contributed by atoms with Crippen molar-refractivity contribution in [2.24, 2.45) is 4.99 Å². The molecule has 0 aliphatic carbocycles. The van der Waals surface area contributed by atoms with Gasteiger partial charge < -0.3 is 16.0 Å². The van der Waals surface area contributed by atoms with E-state index in [1.807, 2.05) is 30.3 Å². The lowest BCUT2D eigenvalue weighted by Crippen LogP contribution is -2.39. The van der Waals surface area contributed by atoms with Gasteiger partial charge in [-0.25, -0.2) is 12.8 Å². The maximum atomic E-state index is 13.6. The number of guanidine groups is 1. The van der Waals surface area contributed by atoms with Crippen molar-refractivity contribution >= 4 is 21.7 Å². The number of halogens is 1. The number of nitrogens with zero attached hydrogens (tertiary/aromatic N) is 1. The van der Waals surface area contributed by atoms with Crippen LogP contribution < -0.4 is 16.0 Å². The van der Waals surface area contributed by atoms with Crippen molar-refractivity contribution in [3.05, 3.63) is 71.0 Å². The molecule has 0 radical (unpaired) electrons. The highest BCUT2D eigenvalue weighted by Crippen LogP contribution is 2.14. The monoisotopic (exact) mass is 434 g/mol. The molecule has 2 aromatic rings. The Morgan fingerprint density at radius 3 is 2.40 bits per heavy atom. The third kappa shape index (κ3) is 8.60. The zero-order valence-corrected chi connectivity index (χ0v) is 17.9. The predicted molar refractivity (Wildman–Crippen MR) is 116 cm³/mol. The molecule has 3 N–H and O–H groups in total. The van der Waals surface area contributed by atoms with E-state index < -0.39 is 15.7 Å². The van der Waals surface area contributed by atoms with Crippen LogP contribution in [0.25, 0.3) is 0 Å². The SMILES string of the molecule is CN=C(NCCC(=O)NCc1ccccc1)NCc1cc(F)ccc1CS(C)(=O)=O. The zero-order chi connectivity index (χ0) is 22.0. The Morgan fingerprint density at radius 2 is 1.73 bits per heavy atom. The molecule has 7 nitrogen and oxygen atoms in total. The van der Waals surface area contributed by atoms with Gasteiger partial charge in [-0.15, -0.1) is 0 Å². The van der Waals surface area contributed by atoms with Crippen molar-refractivity contribution in [1.82, 2.24) is 16.0 Å². The van der Waals surface area contributed by atoms with Gasteiger partial charge in [0.2, 0.25) is 5.91 Å². The van der Waals surface area contributed by atoms with Crippen molar-refractivity contribution in [3.63, 3.8) is 0 Å². The molecule has 30 heavy (non-hydrogen) atoms. The molecule has 0 aliphatic heterocycles. The summed E-state index contributed by atoms with van der Waals surface area (Å²) >= 11 is 0. The van der Waals surface area contributed by atoms with Gasteiger partial charge in [0.1, 0.15) is 5.82 Å². The Hall–Kier alpha value is -2.94. The van der Waals surface area contributed by atoms with Gasteiger partial charge >= 0.3 is 0 Å². The van der Waals surface area contributed by atoms with Gasteiger partial charge in [-0.1, -0.05) is 36.4 Å². The van der Waals surface area contributed by atoms with Crippen molar-refractivity contribution in [3.8, 4) is 0 Å². The first kappa shape index (κ1) is 23.3. The highest BCUT2D eigenvalue weighted by molar-refractivity contribution is 7.89. The molecule has 0 aliphatic rings. The zero-order valence-electron chi connectivity index (χ0n) is 17.1. The number of hydrogen-bond acceptors (Lipinski definition) is 4. The van der Waals surface area contributed by atoms with Gasteiger partial charge in [0, 0.05) is 39.4 Å². The summed E-state index contributed by atoms with van der Waals surface area (Å²) in [4.78, 5) is 16.0. The van der Waals surface area contributed by atoms with Crippen LogP contribution in [0.2, 0.25) is 0 Å². The Bertz CT molecular complexity index is 979. The van der Waals surface area contributed by atoms with Gasteiger partial charge in [-0.3, -0.25) is 9.79 Å². The van der Waals surface area contributed by atoms with Crippen molar-refractivity contribution < 1.29 is 17.6 Å². The molecule has 0 bridgehead atoms. The number of amides is 1. The Labute approximate surface area is 176 Å². The molecule has 0 atom stereocenters. The van der Waals surface area contributed by atoms with Gasteiger partial charge in [0.05, 0.1) is 5.75 Å². The molecule has 0 aromatic heterocycles. The molecular formula is C21H27FN4O3S. The fourth-order valence-corrected chi connectivity index (χ4v) is 3.61. The normalized spacial score (nSPS) is 11.8. The van der Waals surface area contributed by atoms with Crippen LogP contribution in [0.5, 0.6) is 0 Å². The van der Waals surface area contributed by atoms with E-state index in [0.29, 0.717) is 30.2 Å². The van der Waals surface area contributed by atoms with Crippen LogP contribution >= 0.6 is 0 Å². The van der Waals surface area contributed by atoms with Crippen molar-refractivity contribution in [1.29, 1.82) is 0 Å². The van der Waals surface area contributed by atoms with Gasteiger partial charge in [0.25, 0.3) is 0 Å². The summed E-state index contributed by atoms with van der Waals surface area (Å²) in [6.45, 7) is 1.03. The number of nitrogens with one attached hydrogen (secondary N) is 3. The highest BCUT2D eigenvalue weighted by atomic mass is 32.2. The topological polar surface area (TPSA) is 99.7 Å². The lowest BCUT2D eigenvalue weighted by Gasteiger charge is -2.14. The largest absolute Gasteiger partial charge is 0.356 e. The van der Waals surface area contributed by atoms with Gasteiger partial charge in [-0.05, 0) is 28.8 Å². The molecule has 162 valence electrons. The Balaban J connectivity index is 1.81. The van der Waals surface area contributed by atoms with Crippen LogP contribution in [0.3, 0.4) is 0 Å². The van der Waals surface area contributed by atoms with E-state index in [1.165, 1.54) is 18.2 Å². The minimum atomic E-state index is -3.25. The second-order valence-corrected chi connectivity index (χ2v) is 8.99. The maximum Gasteiger partial charge on any atom is 0.222 e. The smallest absolute Gasteiger partial charge is 0.222 e. The van der Waals surface area contributed by atoms with E-state index in [2.05, 4.69) is 20.9 Å². The summed E-state index contributed by atoms with van der Waals surface area (Å²) in [6, 6.07) is 13.6. The summed E-state index contributed by atoms with van der Waals surface area (Å²) in [7, 11) is -1.67.